The number of carbonyl (C=O) groups excluding carboxylic acids is 1. The Hall–Kier alpha value is -0.780. The maximum absolute atomic E-state index is 11.9. The van der Waals surface area contributed by atoms with Crippen molar-refractivity contribution in [2.45, 2.75) is 45.2 Å². The minimum absolute atomic E-state index is 0.0470. The molecule has 2 N–H and O–H groups in total. The molecule has 6 heteroatoms. The van der Waals surface area contributed by atoms with Gasteiger partial charge in [0.05, 0.1) is 0 Å². The summed E-state index contributed by atoms with van der Waals surface area (Å²) in [4.78, 5) is 11.6. The van der Waals surface area contributed by atoms with Gasteiger partial charge in [-0.3, -0.25) is 4.79 Å². The molecule has 1 aliphatic heterocycles. The molecule has 1 fully saturated rings. The molecule has 2 atom stereocenters. The van der Waals surface area contributed by atoms with E-state index in [9.17, 15) is 18.0 Å². The van der Waals surface area contributed by atoms with Gasteiger partial charge in [-0.05, 0) is 44.2 Å². The Morgan fingerprint density at radius 1 is 1.47 bits per heavy atom. The van der Waals surface area contributed by atoms with Crippen molar-refractivity contribution in [1.29, 1.82) is 0 Å². The molecule has 1 aliphatic rings. The first-order valence-electron chi connectivity index (χ1n) is 6.92. The summed E-state index contributed by atoms with van der Waals surface area (Å²) >= 11 is 0. The van der Waals surface area contributed by atoms with Gasteiger partial charge in [-0.2, -0.15) is 13.2 Å². The van der Waals surface area contributed by atoms with Crippen LogP contribution in [0.1, 0.15) is 39.0 Å². The Labute approximate surface area is 112 Å². The molecule has 1 saturated heterocycles. The molecule has 1 heterocycles. The zero-order valence-corrected chi connectivity index (χ0v) is 11.4. The second-order valence-electron chi connectivity index (χ2n) is 5.36. The number of hydrogen-bond donors (Lipinski definition) is 2. The Morgan fingerprint density at radius 2 is 2.21 bits per heavy atom. The van der Waals surface area contributed by atoms with Crippen molar-refractivity contribution < 1.29 is 18.0 Å². The quantitative estimate of drug-likeness (QED) is 0.734. The lowest BCUT2D eigenvalue weighted by molar-refractivity contribution is -0.136. The predicted octanol–water partition coefficient (Wildman–Crippen LogP) is 2.47. The maximum Gasteiger partial charge on any atom is 0.389 e. The SMILES string of the molecule is CC(CC(=O)NCCCC(F)(F)F)C1CCCNC1. The molecule has 0 spiro atoms. The predicted molar refractivity (Wildman–Crippen MR) is 67.7 cm³/mol. The zero-order valence-electron chi connectivity index (χ0n) is 11.4. The highest BCUT2D eigenvalue weighted by atomic mass is 19.4. The van der Waals surface area contributed by atoms with E-state index in [1.54, 1.807) is 0 Å². The number of rotatable bonds is 6. The Morgan fingerprint density at radius 3 is 2.79 bits per heavy atom. The largest absolute Gasteiger partial charge is 0.389 e. The lowest BCUT2D eigenvalue weighted by Gasteiger charge is -2.28. The summed E-state index contributed by atoms with van der Waals surface area (Å²) in [7, 11) is 0. The van der Waals surface area contributed by atoms with E-state index in [-0.39, 0.29) is 24.8 Å². The molecule has 0 saturated carbocycles. The first kappa shape index (κ1) is 16.3. The highest BCUT2D eigenvalue weighted by Gasteiger charge is 2.26. The van der Waals surface area contributed by atoms with E-state index in [0.29, 0.717) is 12.3 Å². The molecule has 0 aromatic rings. The average Bonchev–Trinajstić information content (AvgIpc) is 2.34. The molecular formula is C13H23F3N2O. The first-order valence-corrected chi connectivity index (χ1v) is 6.92. The molecule has 3 nitrogen and oxygen atoms in total. The topological polar surface area (TPSA) is 41.1 Å². The van der Waals surface area contributed by atoms with Crippen molar-refractivity contribution in [3.05, 3.63) is 0 Å². The summed E-state index contributed by atoms with van der Waals surface area (Å²) in [5.41, 5.74) is 0. The van der Waals surface area contributed by atoms with Crippen molar-refractivity contribution in [1.82, 2.24) is 10.6 Å². The maximum atomic E-state index is 11.9. The van der Waals surface area contributed by atoms with Gasteiger partial charge in [0.2, 0.25) is 5.91 Å². The average molecular weight is 280 g/mol. The van der Waals surface area contributed by atoms with Crippen molar-refractivity contribution in [2.75, 3.05) is 19.6 Å². The van der Waals surface area contributed by atoms with Crippen LogP contribution in [-0.2, 0) is 4.79 Å². The number of hydrogen-bond acceptors (Lipinski definition) is 2. The number of carbonyl (C=O) groups is 1. The molecule has 2 unspecified atom stereocenters. The van der Waals surface area contributed by atoms with Crippen LogP contribution >= 0.6 is 0 Å². The fourth-order valence-corrected chi connectivity index (χ4v) is 2.41. The number of amides is 1. The van der Waals surface area contributed by atoms with Crippen LogP contribution in [0.5, 0.6) is 0 Å². The van der Waals surface area contributed by atoms with Crippen LogP contribution in [0.4, 0.5) is 13.2 Å². The van der Waals surface area contributed by atoms with Crippen LogP contribution in [0, 0.1) is 11.8 Å². The third kappa shape index (κ3) is 7.40. The first-order chi connectivity index (χ1) is 8.88. The Bertz CT molecular complexity index is 276. The van der Waals surface area contributed by atoms with Crippen LogP contribution < -0.4 is 10.6 Å². The fraction of sp³-hybridized carbons (Fsp3) is 0.923. The Kier molecular flexibility index (Phi) is 6.62. The summed E-state index contributed by atoms with van der Waals surface area (Å²) in [6.45, 7) is 4.11. The summed E-state index contributed by atoms with van der Waals surface area (Å²) in [5.74, 6) is 0.630. The molecule has 1 rings (SSSR count). The summed E-state index contributed by atoms with van der Waals surface area (Å²) in [6.07, 6.45) is -2.37. The van der Waals surface area contributed by atoms with Crippen molar-refractivity contribution in [3.63, 3.8) is 0 Å². The van der Waals surface area contributed by atoms with E-state index in [1.807, 2.05) is 6.92 Å². The van der Waals surface area contributed by atoms with Gasteiger partial charge in [-0.15, -0.1) is 0 Å². The molecule has 1 amide bonds. The monoisotopic (exact) mass is 280 g/mol. The van der Waals surface area contributed by atoms with Gasteiger partial charge in [0.1, 0.15) is 0 Å². The molecule has 0 aromatic heterocycles. The van der Waals surface area contributed by atoms with E-state index >= 15 is 0 Å². The van der Waals surface area contributed by atoms with Crippen LogP contribution in [0.25, 0.3) is 0 Å². The number of nitrogens with one attached hydrogen (secondary N) is 2. The van der Waals surface area contributed by atoms with E-state index < -0.39 is 12.6 Å². The summed E-state index contributed by atoms with van der Waals surface area (Å²) in [5, 5.41) is 5.87. The molecule has 0 aliphatic carbocycles. The third-order valence-corrected chi connectivity index (χ3v) is 3.61. The van der Waals surface area contributed by atoms with E-state index in [1.165, 1.54) is 0 Å². The van der Waals surface area contributed by atoms with Crippen molar-refractivity contribution >= 4 is 5.91 Å². The molecule has 19 heavy (non-hydrogen) atoms. The fourth-order valence-electron chi connectivity index (χ4n) is 2.41. The molecule has 0 radical (unpaired) electrons. The van der Waals surface area contributed by atoms with Gasteiger partial charge in [-0.25, -0.2) is 0 Å². The number of alkyl halides is 3. The van der Waals surface area contributed by atoms with E-state index in [2.05, 4.69) is 10.6 Å². The second kappa shape index (κ2) is 7.72. The highest BCUT2D eigenvalue weighted by Crippen LogP contribution is 2.23. The standard InChI is InChI=1S/C13H23F3N2O/c1-10(11-4-2-6-17-9-11)8-12(19)18-7-3-5-13(14,15)16/h10-11,17H,2-9H2,1H3,(H,18,19). The summed E-state index contributed by atoms with van der Waals surface area (Å²) in [6, 6.07) is 0. The van der Waals surface area contributed by atoms with Crippen molar-refractivity contribution in [3.8, 4) is 0 Å². The van der Waals surface area contributed by atoms with Gasteiger partial charge in [-0.1, -0.05) is 6.92 Å². The van der Waals surface area contributed by atoms with Gasteiger partial charge >= 0.3 is 6.18 Å². The summed E-state index contributed by atoms with van der Waals surface area (Å²) < 4.78 is 35.7. The lowest BCUT2D eigenvalue weighted by atomic mass is 9.85. The minimum Gasteiger partial charge on any atom is -0.356 e. The number of piperidine rings is 1. The van der Waals surface area contributed by atoms with Gasteiger partial charge in [0.25, 0.3) is 0 Å². The molecule has 112 valence electrons. The number of halogens is 3. The molecule has 0 aromatic carbocycles. The van der Waals surface area contributed by atoms with E-state index in [4.69, 9.17) is 0 Å². The van der Waals surface area contributed by atoms with Crippen LogP contribution in [0.3, 0.4) is 0 Å². The molecule has 0 bridgehead atoms. The highest BCUT2D eigenvalue weighted by molar-refractivity contribution is 5.76. The third-order valence-electron chi connectivity index (χ3n) is 3.61. The second-order valence-corrected chi connectivity index (χ2v) is 5.36. The van der Waals surface area contributed by atoms with Crippen LogP contribution in [0.2, 0.25) is 0 Å². The zero-order chi connectivity index (χ0) is 14.3. The van der Waals surface area contributed by atoms with Gasteiger partial charge in [0.15, 0.2) is 0 Å². The van der Waals surface area contributed by atoms with Crippen molar-refractivity contribution in [2.24, 2.45) is 11.8 Å². The van der Waals surface area contributed by atoms with Crippen LogP contribution in [-0.4, -0.2) is 31.7 Å². The lowest BCUT2D eigenvalue weighted by Crippen LogP contribution is -2.35. The van der Waals surface area contributed by atoms with Gasteiger partial charge < -0.3 is 10.6 Å². The van der Waals surface area contributed by atoms with Crippen LogP contribution in [0.15, 0.2) is 0 Å². The van der Waals surface area contributed by atoms with Gasteiger partial charge in [0, 0.05) is 19.4 Å². The smallest absolute Gasteiger partial charge is 0.356 e. The normalized spacial score (nSPS) is 22.0. The Balaban J connectivity index is 2.12. The minimum atomic E-state index is -4.13. The molecular weight excluding hydrogens is 257 g/mol. The van der Waals surface area contributed by atoms with E-state index in [0.717, 1.165) is 25.9 Å².